The van der Waals surface area contributed by atoms with Gasteiger partial charge in [0, 0.05) is 28.2 Å². The Morgan fingerprint density at radius 2 is 0.500 bits per heavy atom. The minimum Gasteiger partial charge on any atom is -0.451 e. The number of amides is 4. The number of carbonyl (C=O) groups is 8. The van der Waals surface area contributed by atoms with Crippen LogP contribution in [0.3, 0.4) is 0 Å². The molecule has 356 valence electrons. The highest BCUT2D eigenvalue weighted by Gasteiger charge is 2.40. The van der Waals surface area contributed by atoms with E-state index < -0.39 is 96.1 Å². The number of hydrogen-bond donors (Lipinski definition) is 0. The van der Waals surface area contributed by atoms with Gasteiger partial charge >= 0.3 is 23.9 Å². The van der Waals surface area contributed by atoms with Crippen molar-refractivity contribution in [1.29, 1.82) is 0 Å². The number of nitrogens with zero attached hydrogens (tertiary/aromatic N) is 4. The Labute approximate surface area is 371 Å². The lowest BCUT2D eigenvalue weighted by Crippen LogP contribution is -2.53. The summed E-state index contributed by atoms with van der Waals surface area (Å²) in [7, 11) is 5.53. The normalized spacial score (nSPS) is 26.3. The maximum Gasteiger partial charge on any atom is 0.329 e. The molecule has 62 heavy (non-hydrogen) atoms. The smallest absolute Gasteiger partial charge is 0.329 e. The second-order valence-corrected chi connectivity index (χ2v) is 16.9. The molecule has 0 aromatic heterocycles. The molecular formula is C46H80N4O12. The Kier molecular flexibility index (Phi) is 26.3. The summed E-state index contributed by atoms with van der Waals surface area (Å²) in [6.45, 7) is 13.8. The molecule has 1 rings (SSSR count). The van der Waals surface area contributed by atoms with E-state index in [4.69, 9.17) is 18.9 Å². The average molecular weight is 881 g/mol. The van der Waals surface area contributed by atoms with E-state index >= 15 is 0 Å². The SMILES string of the molecule is CCCCCCCC1OC(=O)[C@H](C)N(C)C(=O)C(CCCCC)OC(=O)[C@H](C)N(C)C(=O)C(CCCCC)OC(=O)[C@H](C)N(C)C(=O)C(CCCCC)OC(=O)[C@H](C)N(C)C1=O. The standard InChI is InChI=1S/C46H80N4O12/c1-13-17-21-22-26-30-38-42(54)50(12)33(7)45(57)61-36(28-24-19-15-3)40(52)48(10)31(5)43(55)59-35(27-23-18-14-2)39(51)47(9)32(6)44(56)60-37(29-25-20-16-4)41(53)49(11)34(8)46(58)62-38/h31-38H,13-30H2,1-12H3/t31-,32-,33-,34-,35?,36?,37?,38?/m0/s1. The van der Waals surface area contributed by atoms with Gasteiger partial charge in [0.1, 0.15) is 24.2 Å². The monoisotopic (exact) mass is 881 g/mol. The van der Waals surface area contributed by atoms with Crippen molar-refractivity contribution in [2.75, 3.05) is 28.2 Å². The zero-order valence-electron chi connectivity index (χ0n) is 40.0. The van der Waals surface area contributed by atoms with Gasteiger partial charge in [-0.2, -0.15) is 0 Å². The van der Waals surface area contributed by atoms with Gasteiger partial charge in [-0.3, -0.25) is 19.2 Å². The summed E-state index contributed by atoms with van der Waals surface area (Å²) in [5.41, 5.74) is 0. The number of hydrogen-bond acceptors (Lipinski definition) is 12. The molecule has 16 heteroatoms. The summed E-state index contributed by atoms with van der Waals surface area (Å²) in [6.07, 6.45) is 5.85. The van der Waals surface area contributed by atoms with Gasteiger partial charge in [-0.1, -0.05) is 91.9 Å². The van der Waals surface area contributed by atoms with Crippen molar-refractivity contribution in [3.8, 4) is 0 Å². The largest absolute Gasteiger partial charge is 0.451 e. The molecule has 4 amide bonds. The fourth-order valence-electron chi connectivity index (χ4n) is 6.86. The zero-order valence-corrected chi connectivity index (χ0v) is 40.0. The van der Waals surface area contributed by atoms with Crippen molar-refractivity contribution in [3.63, 3.8) is 0 Å². The lowest BCUT2D eigenvalue weighted by Gasteiger charge is -2.33. The van der Waals surface area contributed by atoms with Crippen molar-refractivity contribution in [2.24, 2.45) is 0 Å². The van der Waals surface area contributed by atoms with Crippen molar-refractivity contribution in [2.45, 2.75) is 220 Å². The molecule has 1 heterocycles. The molecule has 0 spiro atoms. The van der Waals surface area contributed by atoms with E-state index in [1.54, 1.807) is 0 Å². The quantitative estimate of drug-likeness (QED) is 0.0872. The molecule has 0 aliphatic carbocycles. The first-order valence-electron chi connectivity index (χ1n) is 23.2. The average Bonchev–Trinajstić information content (AvgIpc) is 3.26. The van der Waals surface area contributed by atoms with Crippen molar-refractivity contribution in [3.05, 3.63) is 0 Å². The van der Waals surface area contributed by atoms with Crippen molar-refractivity contribution in [1.82, 2.24) is 19.6 Å². The minimum atomic E-state index is -1.31. The Morgan fingerprint density at radius 3 is 0.710 bits per heavy atom. The van der Waals surface area contributed by atoms with Crippen LogP contribution in [0, 0.1) is 0 Å². The van der Waals surface area contributed by atoms with Crippen LogP contribution in [0.5, 0.6) is 0 Å². The van der Waals surface area contributed by atoms with Crippen LogP contribution in [-0.4, -0.2) is 144 Å². The zero-order chi connectivity index (χ0) is 47.1. The summed E-state index contributed by atoms with van der Waals surface area (Å²) in [6, 6.07) is -4.84. The van der Waals surface area contributed by atoms with Gasteiger partial charge in [0.2, 0.25) is 0 Å². The van der Waals surface area contributed by atoms with Crippen molar-refractivity contribution >= 4 is 47.5 Å². The maximum atomic E-state index is 14.1. The van der Waals surface area contributed by atoms with Crippen LogP contribution in [-0.2, 0) is 57.3 Å². The molecular weight excluding hydrogens is 801 g/mol. The number of esters is 4. The molecule has 0 bridgehead atoms. The molecule has 0 N–H and O–H groups in total. The van der Waals surface area contributed by atoms with Gasteiger partial charge < -0.3 is 38.5 Å². The highest BCUT2D eigenvalue weighted by Crippen LogP contribution is 2.21. The first-order chi connectivity index (χ1) is 29.3. The van der Waals surface area contributed by atoms with Crippen molar-refractivity contribution < 1.29 is 57.3 Å². The molecule has 1 fully saturated rings. The first-order valence-corrected chi connectivity index (χ1v) is 23.2. The maximum absolute atomic E-state index is 14.1. The third-order valence-electron chi connectivity index (χ3n) is 12.0. The molecule has 16 nitrogen and oxygen atoms in total. The summed E-state index contributed by atoms with van der Waals surface area (Å²) >= 11 is 0. The number of unbranched alkanes of at least 4 members (excludes halogenated alkanes) is 10. The predicted octanol–water partition coefficient (Wildman–Crippen LogP) is 6.14. The molecule has 0 aromatic rings. The van der Waals surface area contributed by atoms with Crippen LogP contribution in [0.25, 0.3) is 0 Å². The van der Waals surface area contributed by atoms with Gasteiger partial charge in [0.25, 0.3) is 23.6 Å². The number of likely N-dealkylation sites (N-methyl/N-ethyl adjacent to an activating group) is 4. The van der Waals surface area contributed by atoms with E-state index in [1.807, 2.05) is 20.8 Å². The molecule has 0 aromatic carbocycles. The van der Waals surface area contributed by atoms with E-state index in [9.17, 15) is 38.4 Å². The van der Waals surface area contributed by atoms with E-state index in [1.165, 1.54) is 55.9 Å². The molecule has 1 aliphatic rings. The van der Waals surface area contributed by atoms with Crippen LogP contribution in [0.2, 0.25) is 0 Å². The fourth-order valence-corrected chi connectivity index (χ4v) is 6.86. The predicted molar refractivity (Wildman–Crippen MR) is 234 cm³/mol. The van der Waals surface area contributed by atoms with Gasteiger partial charge in [-0.05, 0) is 79.1 Å². The molecule has 0 saturated carbocycles. The Balaban J connectivity index is 3.82. The van der Waals surface area contributed by atoms with Crippen LogP contribution >= 0.6 is 0 Å². The highest BCUT2D eigenvalue weighted by atomic mass is 16.6. The number of rotatable bonds is 18. The van der Waals surface area contributed by atoms with Crippen LogP contribution in [0.4, 0.5) is 0 Å². The minimum absolute atomic E-state index is 0.146. The lowest BCUT2D eigenvalue weighted by molar-refractivity contribution is -0.176. The van der Waals surface area contributed by atoms with Crippen LogP contribution < -0.4 is 0 Å². The Morgan fingerprint density at radius 1 is 0.323 bits per heavy atom. The molecule has 1 aliphatic heterocycles. The molecule has 1 saturated heterocycles. The van der Waals surface area contributed by atoms with E-state index in [0.717, 1.165) is 83.8 Å². The lowest BCUT2D eigenvalue weighted by atomic mass is 10.1. The Hall–Kier alpha value is -4.24. The highest BCUT2D eigenvalue weighted by molar-refractivity contribution is 5.94. The van der Waals surface area contributed by atoms with Gasteiger partial charge in [0.05, 0.1) is 0 Å². The van der Waals surface area contributed by atoms with Gasteiger partial charge in [-0.15, -0.1) is 0 Å². The molecule has 0 radical (unpaired) electrons. The van der Waals surface area contributed by atoms with E-state index in [0.29, 0.717) is 25.7 Å². The van der Waals surface area contributed by atoms with E-state index in [-0.39, 0.29) is 25.7 Å². The Bertz CT molecular complexity index is 1450. The number of cyclic esters (lactones) is 4. The molecule has 8 atom stereocenters. The van der Waals surface area contributed by atoms with E-state index in [2.05, 4.69) is 6.92 Å². The van der Waals surface area contributed by atoms with Crippen LogP contribution in [0.15, 0.2) is 0 Å². The topological polar surface area (TPSA) is 186 Å². The van der Waals surface area contributed by atoms with Gasteiger partial charge in [0.15, 0.2) is 24.4 Å². The summed E-state index contributed by atoms with van der Waals surface area (Å²) in [5, 5.41) is 0. The number of carbonyl (C=O) groups excluding carboxylic acids is 8. The molecule has 4 unspecified atom stereocenters. The summed E-state index contributed by atoms with van der Waals surface area (Å²) < 4.78 is 23.2. The van der Waals surface area contributed by atoms with Crippen LogP contribution in [0.1, 0.15) is 171 Å². The first kappa shape index (κ1) is 55.8. The summed E-state index contributed by atoms with van der Waals surface area (Å²) in [5.74, 6) is -6.16. The third kappa shape index (κ3) is 17.5. The second-order valence-electron chi connectivity index (χ2n) is 16.9. The third-order valence-corrected chi connectivity index (χ3v) is 12.0. The second kappa shape index (κ2) is 29.2. The fraction of sp³-hybridized carbons (Fsp3) is 0.826. The van der Waals surface area contributed by atoms with Gasteiger partial charge in [-0.25, -0.2) is 19.2 Å². The summed E-state index contributed by atoms with van der Waals surface area (Å²) in [4.78, 5) is 116. The number of ether oxygens (including phenoxy) is 4.